The zero-order valence-corrected chi connectivity index (χ0v) is 25.1. The number of aliphatic carboxylic acids is 2. The molecule has 0 spiro atoms. The van der Waals surface area contributed by atoms with Crippen LogP contribution in [0.3, 0.4) is 0 Å². The molecule has 1 fully saturated rings. The van der Waals surface area contributed by atoms with Crippen molar-refractivity contribution in [3.8, 4) is 21.9 Å². The van der Waals surface area contributed by atoms with Gasteiger partial charge in [-0.1, -0.05) is 36.4 Å². The van der Waals surface area contributed by atoms with Gasteiger partial charge in [0.2, 0.25) is 5.91 Å². The number of phenols is 1. The predicted molar refractivity (Wildman–Crippen MR) is 167 cm³/mol. The van der Waals surface area contributed by atoms with Crippen LogP contribution in [0.4, 0.5) is 0 Å². The van der Waals surface area contributed by atoms with Gasteiger partial charge in [0, 0.05) is 35.2 Å². The largest absolute Gasteiger partial charge is 0.508 e. The fraction of sp³-hybridized carbons (Fsp3) is 0.303. The standard InChI is InChI=1S/C31H34N2O3S.C2H2O4/c1-21(34)32-14-13-22-5-8-24(9-6-22)31-28(27-12-11-26(35)19-30(27)37-31)17-23-7-10-25(29(18-23)36-2)20-33-15-3-4-16-33;3-1(4)2(5)6/h5-12,18-19,35H,3-4,13-17,20H2,1-2H3,(H,32,34);(H,3,4)(H,5,6). The highest BCUT2D eigenvalue weighted by Gasteiger charge is 2.18. The molecule has 1 aliphatic heterocycles. The number of hydrogen-bond donors (Lipinski definition) is 4. The summed E-state index contributed by atoms with van der Waals surface area (Å²) in [5.41, 5.74) is 6.07. The van der Waals surface area contributed by atoms with Crippen molar-refractivity contribution in [1.29, 1.82) is 0 Å². The molecule has 2 heterocycles. The molecule has 1 saturated heterocycles. The zero-order valence-electron chi connectivity index (χ0n) is 24.3. The van der Waals surface area contributed by atoms with Gasteiger partial charge in [-0.3, -0.25) is 9.69 Å². The highest BCUT2D eigenvalue weighted by atomic mass is 32.1. The van der Waals surface area contributed by atoms with E-state index in [4.69, 9.17) is 24.5 Å². The van der Waals surface area contributed by atoms with Gasteiger partial charge in [0.05, 0.1) is 7.11 Å². The summed E-state index contributed by atoms with van der Waals surface area (Å²) in [5.74, 6) is -2.42. The smallest absolute Gasteiger partial charge is 0.414 e. The number of aromatic hydroxyl groups is 1. The van der Waals surface area contributed by atoms with Gasteiger partial charge < -0.3 is 25.4 Å². The number of carboxylic acid groups (broad SMARTS) is 2. The van der Waals surface area contributed by atoms with Crippen LogP contribution in [0.25, 0.3) is 20.5 Å². The van der Waals surface area contributed by atoms with E-state index < -0.39 is 11.9 Å². The number of carbonyl (C=O) groups is 3. The molecule has 43 heavy (non-hydrogen) atoms. The molecule has 4 aromatic rings. The van der Waals surface area contributed by atoms with E-state index in [9.17, 15) is 9.90 Å². The van der Waals surface area contributed by atoms with E-state index in [0.717, 1.165) is 48.5 Å². The topological polar surface area (TPSA) is 136 Å². The van der Waals surface area contributed by atoms with Crippen LogP contribution >= 0.6 is 11.3 Å². The Morgan fingerprint density at radius 3 is 2.23 bits per heavy atom. The van der Waals surface area contributed by atoms with Crippen molar-refractivity contribution in [3.05, 3.63) is 82.9 Å². The molecular formula is C33H36N2O7S. The van der Waals surface area contributed by atoms with Gasteiger partial charge in [0.25, 0.3) is 0 Å². The summed E-state index contributed by atoms with van der Waals surface area (Å²) < 4.78 is 6.89. The Morgan fingerprint density at radius 1 is 0.930 bits per heavy atom. The second-order valence-electron chi connectivity index (χ2n) is 10.4. The Hall–Kier alpha value is -4.41. The average Bonchev–Trinajstić information content (AvgIpc) is 3.62. The third-order valence-electron chi connectivity index (χ3n) is 7.29. The molecule has 1 aromatic heterocycles. The minimum atomic E-state index is -1.82. The van der Waals surface area contributed by atoms with Crippen LogP contribution in [0.1, 0.15) is 42.0 Å². The van der Waals surface area contributed by atoms with Crippen LogP contribution in [-0.4, -0.2) is 64.8 Å². The number of nitrogens with one attached hydrogen (secondary N) is 1. The number of fused-ring (bicyclic) bond motifs is 1. The first-order valence-electron chi connectivity index (χ1n) is 14.1. The number of ether oxygens (including phenoxy) is 1. The summed E-state index contributed by atoms with van der Waals surface area (Å²) in [4.78, 5) is 33.1. The summed E-state index contributed by atoms with van der Waals surface area (Å²) in [6.07, 6.45) is 4.14. The Kier molecular flexibility index (Phi) is 10.7. The van der Waals surface area contributed by atoms with E-state index >= 15 is 0 Å². The van der Waals surface area contributed by atoms with Crippen molar-refractivity contribution in [2.45, 2.75) is 39.2 Å². The van der Waals surface area contributed by atoms with Gasteiger partial charge in [-0.05, 0) is 90.7 Å². The summed E-state index contributed by atoms with van der Waals surface area (Å²) in [6, 6.07) is 20.9. The number of nitrogens with zero attached hydrogens (tertiary/aromatic N) is 1. The number of thiophene rings is 1. The second-order valence-corrected chi connectivity index (χ2v) is 11.5. The number of hydrogen-bond acceptors (Lipinski definition) is 7. The first-order valence-corrected chi connectivity index (χ1v) is 14.9. The third kappa shape index (κ3) is 8.56. The van der Waals surface area contributed by atoms with Crippen LogP contribution in [-0.2, 0) is 33.8 Å². The lowest BCUT2D eigenvalue weighted by atomic mass is 9.97. The maximum Gasteiger partial charge on any atom is 0.414 e. The Balaban J connectivity index is 0.000000641. The van der Waals surface area contributed by atoms with Gasteiger partial charge in [-0.2, -0.15) is 0 Å². The van der Waals surface area contributed by atoms with Crippen molar-refractivity contribution in [3.63, 3.8) is 0 Å². The molecular weight excluding hydrogens is 568 g/mol. The molecule has 1 amide bonds. The third-order valence-corrected chi connectivity index (χ3v) is 8.53. The normalized spacial score (nSPS) is 12.9. The first kappa shape index (κ1) is 31.5. The number of benzene rings is 3. The van der Waals surface area contributed by atoms with Crippen LogP contribution in [0.15, 0.2) is 60.7 Å². The van der Waals surface area contributed by atoms with E-state index in [1.54, 1.807) is 31.4 Å². The Bertz CT molecular complexity index is 1580. The fourth-order valence-corrected chi connectivity index (χ4v) is 6.43. The predicted octanol–water partition coefficient (Wildman–Crippen LogP) is 5.30. The van der Waals surface area contributed by atoms with E-state index in [-0.39, 0.29) is 11.7 Å². The first-order chi connectivity index (χ1) is 20.6. The molecule has 10 heteroatoms. The van der Waals surface area contributed by atoms with E-state index in [1.165, 1.54) is 45.4 Å². The maximum absolute atomic E-state index is 11.2. The van der Waals surface area contributed by atoms with Crippen LogP contribution in [0.5, 0.6) is 11.5 Å². The summed E-state index contributed by atoms with van der Waals surface area (Å²) in [7, 11) is 1.76. The average molecular weight is 605 g/mol. The highest BCUT2D eigenvalue weighted by Crippen LogP contribution is 2.41. The SMILES string of the molecule is COc1cc(Cc2c(-c3ccc(CCNC(C)=O)cc3)sc3cc(O)ccc23)ccc1CN1CCCC1.O=C(O)C(=O)O. The highest BCUT2D eigenvalue weighted by molar-refractivity contribution is 7.22. The summed E-state index contributed by atoms with van der Waals surface area (Å²) in [5, 5.41) is 28.9. The fourth-order valence-electron chi connectivity index (χ4n) is 5.17. The van der Waals surface area contributed by atoms with Crippen molar-refractivity contribution in [1.82, 2.24) is 10.2 Å². The van der Waals surface area contributed by atoms with Crippen molar-refractivity contribution < 1.29 is 34.4 Å². The van der Waals surface area contributed by atoms with E-state index in [0.29, 0.717) is 6.54 Å². The molecule has 226 valence electrons. The molecule has 0 radical (unpaired) electrons. The summed E-state index contributed by atoms with van der Waals surface area (Å²) >= 11 is 1.72. The molecule has 0 atom stereocenters. The quantitative estimate of drug-likeness (QED) is 0.189. The number of methoxy groups -OCH3 is 1. The number of amides is 1. The zero-order chi connectivity index (χ0) is 30.9. The number of phenolic OH excluding ortho intramolecular Hbond substituents is 1. The van der Waals surface area contributed by atoms with Crippen LogP contribution < -0.4 is 10.1 Å². The van der Waals surface area contributed by atoms with Gasteiger partial charge in [-0.15, -0.1) is 11.3 Å². The molecule has 0 aliphatic carbocycles. The number of carboxylic acids is 2. The van der Waals surface area contributed by atoms with Crippen LogP contribution in [0, 0.1) is 0 Å². The maximum atomic E-state index is 11.2. The Labute approximate surface area is 254 Å². The lowest BCUT2D eigenvalue weighted by molar-refractivity contribution is -0.159. The van der Waals surface area contributed by atoms with E-state index in [1.807, 2.05) is 12.1 Å². The second kappa shape index (κ2) is 14.7. The number of likely N-dealkylation sites (tertiary alicyclic amines) is 1. The van der Waals surface area contributed by atoms with Gasteiger partial charge in [-0.25, -0.2) is 9.59 Å². The van der Waals surface area contributed by atoms with Crippen molar-refractivity contribution in [2.75, 3.05) is 26.7 Å². The Morgan fingerprint density at radius 2 is 1.60 bits per heavy atom. The molecule has 0 bridgehead atoms. The lowest BCUT2D eigenvalue weighted by Gasteiger charge is -2.18. The molecule has 3 aromatic carbocycles. The van der Waals surface area contributed by atoms with Gasteiger partial charge in [0.1, 0.15) is 11.5 Å². The molecule has 0 saturated carbocycles. The molecule has 9 nitrogen and oxygen atoms in total. The van der Waals surface area contributed by atoms with Gasteiger partial charge >= 0.3 is 11.9 Å². The summed E-state index contributed by atoms with van der Waals surface area (Å²) in [6.45, 7) is 5.43. The number of carbonyl (C=O) groups excluding carboxylic acids is 1. The lowest BCUT2D eigenvalue weighted by Crippen LogP contribution is -2.22. The van der Waals surface area contributed by atoms with Crippen molar-refractivity contribution in [2.24, 2.45) is 0 Å². The molecule has 5 rings (SSSR count). The van der Waals surface area contributed by atoms with Gasteiger partial charge in [0.15, 0.2) is 0 Å². The van der Waals surface area contributed by atoms with E-state index in [2.05, 4.69) is 52.7 Å². The molecule has 1 aliphatic rings. The van der Waals surface area contributed by atoms with Crippen LogP contribution in [0.2, 0.25) is 0 Å². The minimum Gasteiger partial charge on any atom is -0.508 e. The molecule has 0 unspecified atom stereocenters. The minimum absolute atomic E-state index is 0.00417. The van der Waals surface area contributed by atoms with Crippen molar-refractivity contribution >= 4 is 39.3 Å². The monoisotopic (exact) mass is 604 g/mol. The number of rotatable bonds is 9. The molecule has 4 N–H and O–H groups in total.